The summed E-state index contributed by atoms with van der Waals surface area (Å²) < 4.78 is 0. The molecule has 0 unspecified atom stereocenters. The lowest BCUT2D eigenvalue weighted by molar-refractivity contribution is 0.980. The van der Waals surface area contributed by atoms with Crippen LogP contribution >= 0.6 is 0 Å². The molecule has 2 rings (SSSR count). The standard InChI is InChI=1S/C10H11N2/c1-3-8-10-7(2)5-4-6-9(10)12-11-8/h4-6H,3H2,1-2H3. The quantitative estimate of drug-likeness (QED) is 0.601. The van der Waals surface area contributed by atoms with Gasteiger partial charge >= 0.3 is 0 Å². The van der Waals surface area contributed by atoms with Crippen LogP contribution in [-0.4, -0.2) is 5.71 Å². The van der Waals surface area contributed by atoms with Gasteiger partial charge in [0.05, 0.1) is 11.4 Å². The molecule has 1 aromatic carbocycles. The summed E-state index contributed by atoms with van der Waals surface area (Å²) in [6, 6.07) is 6.13. The van der Waals surface area contributed by atoms with Crippen molar-refractivity contribution in [3.05, 3.63) is 29.3 Å². The van der Waals surface area contributed by atoms with E-state index in [9.17, 15) is 0 Å². The first-order valence-electron chi connectivity index (χ1n) is 4.20. The number of nitrogens with zero attached hydrogens (tertiary/aromatic N) is 2. The summed E-state index contributed by atoms with van der Waals surface area (Å²) in [4.78, 5) is 0. The zero-order valence-corrected chi connectivity index (χ0v) is 7.33. The molecule has 1 aromatic rings. The van der Waals surface area contributed by atoms with E-state index in [-0.39, 0.29) is 0 Å². The molecule has 0 aromatic heterocycles. The molecule has 1 aliphatic rings. The molecule has 0 spiro atoms. The molecular weight excluding hydrogens is 148 g/mol. The third kappa shape index (κ3) is 0.916. The average molecular weight is 159 g/mol. The van der Waals surface area contributed by atoms with E-state index in [2.05, 4.69) is 30.4 Å². The number of benzene rings is 1. The van der Waals surface area contributed by atoms with Crippen molar-refractivity contribution in [3.8, 4) is 0 Å². The molecule has 0 bridgehead atoms. The molecule has 61 valence electrons. The van der Waals surface area contributed by atoms with Crippen LogP contribution in [0.5, 0.6) is 0 Å². The van der Waals surface area contributed by atoms with Gasteiger partial charge in [0.2, 0.25) is 0 Å². The summed E-state index contributed by atoms with van der Waals surface area (Å²) in [6.07, 6.45) is 0.960. The van der Waals surface area contributed by atoms with Crippen LogP contribution in [0.2, 0.25) is 0 Å². The molecule has 1 radical (unpaired) electrons. The van der Waals surface area contributed by atoms with E-state index in [1.54, 1.807) is 0 Å². The highest BCUT2D eigenvalue weighted by Crippen LogP contribution is 2.26. The summed E-state index contributed by atoms with van der Waals surface area (Å²) in [6.45, 7) is 4.21. The highest BCUT2D eigenvalue weighted by molar-refractivity contribution is 6.07. The Kier molecular flexibility index (Phi) is 1.61. The Labute approximate surface area is 72.3 Å². The number of fused-ring (bicyclic) bond motifs is 1. The van der Waals surface area contributed by atoms with Crippen LogP contribution < -0.4 is 5.43 Å². The Hall–Kier alpha value is -1.31. The van der Waals surface area contributed by atoms with Gasteiger partial charge in [-0.2, -0.15) is 10.5 Å². The predicted molar refractivity (Wildman–Crippen MR) is 49.8 cm³/mol. The summed E-state index contributed by atoms with van der Waals surface area (Å²) in [5, 5.41) is 4.12. The van der Waals surface area contributed by atoms with E-state index in [0.717, 1.165) is 17.8 Å². The molecule has 1 heterocycles. The van der Waals surface area contributed by atoms with E-state index >= 15 is 0 Å². The number of aryl methyl sites for hydroxylation is 1. The second-order valence-corrected chi connectivity index (χ2v) is 2.97. The van der Waals surface area contributed by atoms with Crippen molar-refractivity contribution < 1.29 is 0 Å². The monoisotopic (exact) mass is 159 g/mol. The SMILES string of the molecule is CCC1=N[N]c2cccc(C)c21. The summed E-state index contributed by atoms with van der Waals surface area (Å²) in [7, 11) is 0. The zero-order valence-electron chi connectivity index (χ0n) is 7.33. The Morgan fingerprint density at radius 3 is 2.92 bits per heavy atom. The maximum Gasteiger partial charge on any atom is 0.0950 e. The minimum absolute atomic E-state index is 0.960. The van der Waals surface area contributed by atoms with Crippen LogP contribution in [0.3, 0.4) is 0 Å². The van der Waals surface area contributed by atoms with Gasteiger partial charge in [-0.15, -0.1) is 0 Å². The number of hydrogen-bond donors (Lipinski definition) is 0. The van der Waals surface area contributed by atoms with Gasteiger partial charge in [0.25, 0.3) is 0 Å². The minimum Gasteiger partial charge on any atom is -0.154 e. The molecule has 2 nitrogen and oxygen atoms in total. The average Bonchev–Trinajstić information content (AvgIpc) is 2.49. The number of hydrogen-bond acceptors (Lipinski definition) is 1. The first kappa shape index (κ1) is 7.35. The lowest BCUT2D eigenvalue weighted by atomic mass is 10.0. The smallest absolute Gasteiger partial charge is 0.0950 e. The molecule has 0 aliphatic carbocycles. The van der Waals surface area contributed by atoms with E-state index in [1.165, 1.54) is 11.1 Å². The van der Waals surface area contributed by atoms with Crippen molar-refractivity contribution in [1.29, 1.82) is 0 Å². The Balaban J connectivity index is 2.57. The molecule has 0 saturated carbocycles. The molecule has 0 N–H and O–H groups in total. The van der Waals surface area contributed by atoms with Gasteiger partial charge in [-0.3, -0.25) is 0 Å². The topological polar surface area (TPSA) is 26.5 Å². The highest BCUT2D eigenvalue weighted by atomic mass is 15.3. The van der Waals surface area contributed by atoms with Gasteiger partial charge in [0, 0.05) is 5.56 Å². The molecular formula is C10H11N2. The Bertz CT molecular complexity index is 340. The maximum absolute atomic E-state index is 4.12. The fraction of sp³-hybridized carbons (Fsp3) is 0.300. The van der Waals surface area contributed by atoms with Crippen molar-refractivity contribution in [1.82, 2.24) is 5.43 Å². The predicted octanol–water partition coefficient (Wildman–Crippen LogP) is 2.36. The van der Waals surface area contributed by atoms with Crippen molar-refractivity contribution in [2.24, 2.45) is 5.10 Å². The third-order valence-corrected chi connectivity index (χ3v) is 2.15. The van der Waals surface area contributed by atoms with E-state index in [0.29, 0.717) is 0 Å². The highest BCUT2D eigenvalue weighted by Gasteiger charge is 2.16. The van der Waals surface area contributed by atoms with Gasteiger partial charge in [-0.05, 0) is 25.0 Å². The second-order valence-electron chi connectivity index (χ2n) is 2.97. The number of rotatable bonds is 1. The van der Waals surface area contributed by atoms with E-state index in [1.807, 2.05) is 12.1 Å². The normalized spacial score (nSPS) is 13.7. The lowest BCUT2D eigenvalue weighted by Crippen LogP contribution is -1.96. The van der Waals surface area contributed by atoms with E-state index < -0.39 is 0 Å². The Morgan fingerprint density at radius 1 is 1.33 bits per heavy atom. The summed E-state index contributed by atoms with van der Waals surface area (Å²) in [5.41, 5.74) is 8.74. The zero-order chi connectivity index (χ0) is 8.55. The van der Waals surface area contributed by atoms with Crippen LogP contribution in [0, 0.1) is 6.92 Å². The van der Waals surface area contributed by atoms with Crippen LogP contribution in [0.15, 0.2) is 23.3 Å². The van der Waals surface area contributed by atoms with Gasteiger partial charge in [0.15, 0.2) is 0 Å². The fourth-order valence-corrected chi connectivity index (χ4v) is 1.52. The van der Waals surface area contributed by atoms with Gasteiger partial charge in [-0.25, -0.2) is 0 Å². The largest absolute Gasteiger partial charge is 0.154 e. The molecule has 0 saturated heterocycles. The third-order valence-electron chi connectivity index (χ3n) is 2.15. The fourth-order valence-electron chi connectivity index (χ4n) is 1.52. The van der Waals surface area contributed by atoms with Crippen molar-refractivity contribution in [3.63, 3.8) is 0 Å². The molecule has 0 fully saturated rings. The lowest BCUT2D eigenvalue weighted by Gasteiger charge is -2.01. The van der Waals surface area contributed by atoms with Gasteiger partial charge < -0.3 is 0 Å². The summed E-state index contributed by atoms with van der Waals surface area (Å²) >= 11 is 0. The second kappa shape index (κ2) is 2.63. The van der Waals surface area contributed by atoms with Crippen LogP contribution in [0.25, 0.3) is 0 Å². The van der Waals surface area contributed by atoms with Crippen molar-refractivity contribution >= 4 is 11.4 Å². The van der Waals surface area contributed by atoms with E-state index in [4.69, 9.17) is 0 Å². The van der Waals surface area contributed by atoms with Gasteiger partial charge in [-0.1, -0.05) is 19.1 Å². The minimum atomic E-state index is 0.960. The van der Waals surface area contributed by atoms with Crippen molar-refractivity contribution in [2.75, 3.05) is 0 Å². The van der Waals surface area contributed by atoms with Crippen LogP contribution in [0.4, 0.5) is 5.69 Å². The van der Waals surface area contributed by atoms with Gasteiger partial charge in [0.1, 0.15) is 0 Å². The molecule has 0 atom stereocenters. The Morgan fingerprint density at radius 2 is 2.17 bits per heavy atom. The summed E-state index contributed by atoms with van der Waals surface area (Å²) in [5.74, 6) is 0. The molecule has 1 aliphatic heterocycles. The molecule has 12 heavy (non-hydrogen) atoms. The van der Waals surface area contributed by atoms with Crippen LogP contribution in [-0.2, 0) is 0 Å². The first-order valence-corrected chi connectivity index (χ1v) is 4.20. The van der Waals surface area contributed by atoms with Crippen LogP contribution in [0.1, 0.15) is 24.5 Å². The van der Waals surface area contributed by atoms with Crippen molar-refractivity contribution in [2.45, 2.75) is 20.3 Å². The maximum atomic E-state index is 4.12. The first-order chi connectivity index (χ1) is 5.83. The molecule has 0 amide bonds. The molecule has 2 heteroatoms.